The number of benzene rings is 2. The number of thioether (sulfide) groups is 1. The first kappa shape index (κ1) is 20.5. The maximum Gasteiger partial charge on any atom is 0.238 e. The minimum absolute atomic E-state index is 0.00932. The molecule has 0 saturated carbocycles. The predicted molar refractivity (Wildman–Crippen MR) is 120 cm³/mol. The molecule has 10 heteroatoms. The second-order valence-electron chi connectivity index (χ2n) is 6.28. The summed E-state index contributed by atoms with van der Waals surface area (Å²) in [4.78, 5) is 22.9. The average Bonchev–Trinajstić information content (AvgIpc) is 3.18. The van der Waals surface area contributed by atoms with Crippen LogP contribution in [0.25, 0.3) is 20.7 Å². The van der Waals surface area contributed by atoms with E-state index in [2.05, 4.69) is 15.3 Å². The summed E-state index contributed by atoms with van der Waals surface area (Å²) in [6.07, 6.45) is 1.50. The fourth-order valence-electron chi connectivity index (χ4n) is 2.75. The van der Waals surface area contributed by atoms with Crippen molar-refractivity contribution < 1.29 is 13.2 Å². The topological polar surface area (TPSA) is 115 Å². The van der Waals surface area contributed by atoms with Crippen LogP contribution in [-0.4, -0.2) is 30.0 Å². The lowest BCUT2D eigenvalue weighted by molar-refractivity contribution is -0.113. The molecule has 0 bridgehead atoms. The SMILES string of the molecule is NS(=O)(=O)c1ccc(NC(=O)CSc2ncnc3sc(-c4ccccc4)cc23)cc1. The molecule has 0 atom stereocenters. The van der Waals surface area contributed by atoms with Crippen LogP contribution in [0.4, 0.5) is 5.69 Å². The highest BCUT2D eigenvalue weighted by molar-refractivity contribution is 8.00. The van der Waals surface area contributed by atoms with E-state index in [0.29, 0.717) is 5.69 Å². The molecule has 30 heavy (non-hydrogen) atoms. The minimum Gasteiger partial charge on any atom is -0.325 e. The highest BCUT2D eigenvalue weighted by atomic mass is 32.2. The summed E-state index contributed by atoms with van der Waals surface area (Å²) in [7, 11) is -3.76. The number of anilines is 1. The van der Waals surface area contributed by atoms with Crippen LogP contribution >= 0.6 is 23.1 Å². The highest BCUT2D eigenvalue weighted by Crippen LogP contribution is 2.36. The van der Waals surface area contributed by atoms with E-state index in [1.807, 2.05) is 36.4 Å². The van der Waals surface area contributed by atoms with E-state index in [9.17, 15) is 13.2 Å². The monoisotopic (exact) mass is 456 g/mol. The Bertz CT molecular complexity index is 1300. The van der Waals surface area contributed by atoms with E-state index >= 15 is 0 Å². The molecule has 4 aromatic rings. The zero-order valence-electron chi connectivity index (χ0n) is 15.5. The zero-order chi connectivity index (χ0) is 21.1. The summed E-state index contributed by atoms with van der Waals surface area (Å²) in [5.41, 5.74) is 1.60. The summed E-state index contributed by atoms with van der Waals surface area (Å²) in [6, 6.07) is 17.8. The molecule has 1 amide bonds. The Kier molecular flexibility index (Phi) is 5.82. The van der Waals surface area contributed by atoms with Gasteiger partial charge in [0.25, 0.3) is 0 Å². The molecular weight excluding hydrogens is 440 g/mol. The van der Waals surface area contributed by atoms with E-state index in [1.165, 1.54) is 42.4 Å². The summed E-state index contributed by atoms with van der Waals surface area (Å²) in [6.45, 7) is 0. The number of nitrogens with zero attached hydrogens (tertiary/aromatic N) is 2. The molecule has 0 radical (unpaired) electrons. The summed E-state index contributed by atoms with van der Waals surface area (Å²) in [5.74, 6) is -0.0758. The zero-order valence-corrected chi connectivity index (χ0v) is 17.9. The summed E-state index contributed by atoms with van der Waals surface area (Å²) in [5, 5.41) is 9.46. The molecule has 3 N–H and O–H groups in total. The maximum atomic E-state index is 12.3. The van der Waals surface area contributed by atoms with Gasteiger partial charge in [-0.15, -0.1) is 11.3 Å². The number of fused-ring (bicyclic) bond motifs is 1. The molecule has 152 valence electrons. The van der Waals surface area contributed by atoms with Crippen LogP contribution in [0.1, 0.15) is 0 Å². The Morgan fingerprint density at radius 1 is 1.07 bits per heavy atom. The number of amides is 1. The van der Waals surface area contributed by atoms with Crippen molar-refractivity contribution in [1.29, 1.82) is 0 Å². The van der Waals surface area contributed by atoms with Crippen molar-refractivity contribution in [2.24, 2.45) is 5.14 Å². The molecule has 0 aliphatic carbocycles. The average molecular weight is 457 g/mol. The van der Waals surface area contributed by atoms with Gasteiger partial charge in [-0.2, -0.15) is 0 Å². The summed E-state index contributed by atoms with van der Waals surface area (Å²) >= 11 is 2.90. The number of sulfonamides is 1. The van der Waals surface area contributed by atoms with Crippen molar-refractivity contribution >= 4 is 54.9 Å². The van der Waals surface area contributed by atoms with Crippen LogP contribution in [0.3, 0.4) is 0 Å². The minimum atomic E-state index is -3.76. The first-order chi connectivity index (χ1) is 14.4. The van der Waals surface area contributed by atoms with Gasteiger partial charge >= 0.3 is 0 Å². The van der Waals surface area contributed by atoms with Crippen molar-refractivity contribution in [3.63, 3.8) is 0 Å². The second-order valence-corrected chi connectivity index (χ2v) is 9.84. The largest absolute Gasteiger partial charge is 0.325 e. The lowest BCUT2D eigenvalue weighted by Crippen LogP contribution is -2.15. The van der Waals surface area contributed by atoms with Crippen LogP contribution in [-0.2, 0) is 14.8 Å². The maximum absolute atomic E-state index is 12.3. The molecule has 0 spiro atoms. The van der Waals surface area contributed by atoms with Gasteiger partial charge in [-0.25, -0.2) is 23.5 Å². The van der Waals surface area contributed by atoms with E-state index in [0.717, 1.165) is 25.7 Å². The Balaban J connectivity index is 1.45. The normalized spacial score (nSPS) is 11.5. The molecule has 0 saturated heterocycles. The van der Waals surface area contributed by atoms with Crippen LogP contribution in [0.5, 0.6) is 0 Å². The van der Waals surface area contributed by atoms with Gasteiger partial charge in [0, 0.05) is 16.0 Å². The van der Waals surface area contributed by atoms with E-state index in [1.54, 1.807) is 11.3 Å². The molecule has 2 aromatic heterocycles. The number of carbonyl (C=O) groups excluding carboxylic acids is 1. The number of thiophene rings is 1. The third-order valence-corrected chi connectivity index (χ3v) is 7.18. The number of hydrogen-bond donors (Lipinski definition) is 2. The van der Waals surface area contributed by atoms with Gasteiger partial charge in [0.15, 0.2) is 0 Å². The lowest BCUT2D eigenvalue weighted by Gasteiger charge is -2.06. The molecule has 0 aliphatic rings. The van der Waals surface area contributed by atoms with E-state index in [4.69, 9.17) is 5.14 Å². The van der Waals surface area contributed by atoms with Gasteiger partial charge in [0.1, 0.15) is 16.2 Å². The van der Waals surface area contributed by atoms with Crippen molar-refractivity contribution in [1.82, 2.24) is 9.97 Å². The third-order valence-electron chi connectivity index (χ3n) is 4.16. The number of nitrogens with two attached hydrogens (primary N) is 1. The number of aromatic nitrogens is 2. The van der Waals surface area contributed by atoms with Gasteiger partial charge in [0.05, 0.1) is 10.6 Å². The molecule has 2 heterocycles. The molecule has 4 rings (SSSR count). The predicted octanol–water partition coefficient (Wildman–Crippen LogP) is 3.74. The molecule has 0 aliphatic heterocycles. The van der Waals surface area contributed by atoms with Crippen molar-refractivity contribution in [2.75, 3.05) is 11.1 Å². The third kappa shape index (κ3) is 4.68. The Labute approximate surface area is 181 Å². The van der Waals surface area contributed by atoms with Gasteiger partial charge in [-0.1, -0.05) is 42.1 Å². The van der Waals surface area contributed by atoms with Crippen LogP contribution in [0.15, 0.2) is 76.9 Å². The van der Waals surface area contributed by atoms with Crippen molar-refractivity contribution in [3.8, 4) is 10.4 Å². The van der Waals surface area contributed by atoms with Crippen LogP contribution in [0.2, 0.25) is 0 Å². The second kappa shape index (κ2) is 8.52. The molecule has 7 nitrogen and oxygen atoms in total. The van der Waals surface area contributed by atoms with E-state index in [-0.39, 0.29) is 16.6 Å². The van der Waals surface area contributed by atoms with Crippen molar-refractivity contribution in [2.45, 2.75) is 9.92 Å². The van der Waals surface area contributed by atoms with Gasteiger partial charge in [-0.05, 0) is 35.9 Å². The number of primary sulfonamides is 1. The quantitative estimate of drug-likeness (QED) is 0.337. The lowest BCUT2D eigenvalue weighted by atomic mass is 10.2. The number of nitrogens with one attached hydrogen (secondary N) is 1. The smallest absolute Gasteiger partial charge is 0.238 e. The van der Waals surface area contributed by atoms with E-state index < -0.39 is 10.0 Å². The fraction of sp³-hybridized carbons (Fsp3) is 0.0500. The Hall–Kier alpha value is -2.79. The molecular formula is C20H16N4O3S3. The van der Waals surface area contributed by atoms with Crippen molar-refractivity contribution in [3.05, 3.63) is 67.0 Å². The number of carbonyl (C=O) groups is 1. The summed E-state index contributed by atoms with van der Waals surface area (Å²) < 4.78 is 22.6. The first-order valence-electron chi connectivity index (χ1n) is 8.75. The van der Waals surface area contributed by atoms with Crippen LogP contribution in [0, 0.1) is 0 Å². The van der Waals surface area contributed by atoms with Gasteiger partial charge in [-0.3, -0.25) is 4.79 Å². The molecule has 0 unspecified atom stereocenters. The Morgan fingerprint density at radius 3 is 2.50 bits per heavy atom. The van der Waals surface area contributed by atoms with Crippen LogP contribution < -0.4 is 10.5 Å². The Morgan fingerprint density at radius 2 is 1.80 bits per heavy atom. The fourth-order valence-corrected chi connectivity index (χ4v) is 5.11. The number of hydrogen-bond acceptors (Lipinski definition) is 7. The molecule has 0 fully saturated rings. The van der Waals surface area contributed by atoms with Gasteiger partial charge < -0.3 is 5.32 Å². The van der Waals surface area contributed by atoms with Gasteiger partial charge in [0.2, 0.25) is 15.9 Å². The molecule has 2 aromatic carbocycles. The first-order valence-corrected chi connectivity index (χ1v) is 12.1. The highest BCUT2D eigenvalue weighted by Gasteiger charge is 2.13. The number of rotatable bonds is 6. The standard InChI is InChI=1S/C20H16N4O3S3/c21-30(26,27)15-8-6-14(7-9-15)24-18(25)11-28-19-16-10-17(13-4-2-1-3-5-13)29-20(16)23-12-22-19/h1-10,12H,11H2,(H,24,25)(H2,21,26,27).